The van der Waals surface area contributed by atoms with E-state index in [0.29, 0.717) is 11.7 Å². The van der Waals surface area contributed by atoms with Gasteiger partial charge in [0.05, 0.1) is 19.4 Å². The van der Waals surface area contributed by atoms with Gasteiger partial charge in [-0.2, -0.15) is 16.9 Å². The largest absolute Gasteiger partial charge is 0.489 e. The molecule has 7 heteroatoms. The van der Waals surface area contributed by atoms with Crippen LogP contribution in [0.1, 0.15) is 21.5 Å². The molecule has 6 nitrogen and oxygen atoms in total. The van der Waals surface area contributed by atoms with Gasteiger partial charge in [-0.15, -0.1) is 0 Å². The number of thioether (sulfide) groups is 1. The van der Waals surface area contributed by atoms with E-state index in [9.17, 15) is 4.79 Å². The lowest BCUT2D eigenvalue weighted by Crippen LogP contribution is -2.35. The number of carbonyl (C=O) groups excluding carboxylic acids is 1. The van der Waals surface area contributed by atoms with Crippen molar-refractivity contribution in [2.75, 3.05) is 37.8 Å². The van der Waals surface area contributed by atoms with Crippen molar-refractivity contribution in [3.8, 4) is 5.75 Å². The van der Waals surface area contributed by atoms with E-state index in [1.54, 1.807) is 6.21 Å². The molecule has 0 aliphatic carbocycles. The van der Waals surface area contributed by atoms with Crippen molar-refractivity contribution >= 4 is 23.9 Å². The lowest BCUT2D eigenvalue weighted by molar-refractivity contribution is 0.0342. The number of nitrogens with one attached hydrogen (secondary N) is 1. The van der Waals surface area contributed by atoms with Gasteiger partial charge in [0, 0.05) is 36.7 Å². The fourth-order valence-corrected chi connectivity index (χ4v) is 3.72. The third-order valence-corrected chi connectivity index (χ3v) is 6.09. The minimum atomic E-state index is -0.224. The third-order valence-electron chi connectivity index (χ3n) is 4.87. The first-order valence-corrected chi connectivity index (χ1v) is 11.0. The molecule has 29 heavy (non-hydrogen) atoms. The average molecular weight is 412 g/mol. The Bertz CT molecular complexity index is 847. The molecule has 4 rings (SSSR count). The van der Waals surface area contributed by atoms with Gasteiger partial charge in [-0.05, 0) is 35.4 Å². The summed E-state index contributed by atoms with van der Waals surface area (Å²) >= 11 is 1.89. The highest BCUT2D eigenvalue weighted by molar-refractivity contribution is 8.00. The van der Waals surface area contributed by atoms with Gasteiger partial charge in [0.15, 0.2) is 0 Å². The van der Waals surface area contributed by atoms with Crippen molar-refractivity contribution in [1.29, 1.82) is 0 Å². The molecule has 0 unspecified atom stereocenters. The Balaban J connectivity index is 1.28. The molecular formula is C22H25N3O3S. The zero-order valence-electron chi connectivity index (χ0n) is 16.3. The summed E-state index contributed by atoms with van der Waals surface area (Å²) in [5, 5.41) is 4.08. The zero-order valence-corrected chi connectivity index (χ0v) is 17.1. The molecule has 0 saturated carbocycles. The molecule has 0 radical (unpaired) electrons. The minimum Gasteiger partial charge on any atom is -0.489 e. The molecule has 1 N–H and O–H groups in total. The lowest BCUT2D eigenvalue weighted by atomic mass is 10.1. The summed E-state index contributed by atoms with van der Waals surface area (Å²) in [4.78, 5) is 14.7. The number of morpholine rings is 1. The summed E-state index contributed by atoms with van der Waals surface area (Å²) in [6.45, 7) is 4.34. The fourth-order valence-electron chi connectivity index (χ4n) is 3.15. The second-order valence-corrected chi connectivity index (χ2v) is 8.21. The second-order valence-electron chi connectivity index (χ2n) is 7.13. The van der Waals surface area contributed by atoms with Crippen LogP contribution in [0.25, 0.3) is 0 Å². The molecule has 0 atom stereocenters. The van der Waals surface area contributed by atoms with Crippen LogP contribution in [0.4, 0.5) is 0 Å². The Labute approximate surface area is 175 Å². The number of nitrogens with zero attached hydrogens (tertiary/aromatic N) is 2. The molecule has 2 saturated heterocycles. The Morgan fingerprint density at radius 1 is 1.21 bits per heavy atom. The number of hydrazone groups is 1. The van der Waals surface area contributed by atoms with Crippen LogP contribution >= 0.6 is 11.8 Å². The van der Waals surface area contributed by atoms with Crippen molar-refractivity contribution in [2.45, 2.75) is 12.6 Å². The number of amides is 1. The molecule has 1 amide bonds. The third kappa shape index (κ3) is 5.82. The summed E-state index contributed by atoms with van der Waals surface area (Å²) in [7, 11) is 0. The maximum absolute atomic E-state index is 12.3. The lowest BCUT2D eigenvalue weighted by Gasteiger charge is -2.26. The van der Waals surface area contributed by atoms with E-state index in [0.717, 1.165) is 55.7 Å². The molecule has 2 aliphatic rings. The second kappa shape index (κ2) is 9.91. The Kier molecular flexibility index (Phi) is 6.82. The van der Waals surface area contributed by atoms with Crippen molar-refractivity contribution in [3.63, 3.8) is 0 Å². The average Bonchev–Trinajstić information content (AvgIpc) is 2.72. The van der Waals surface area contributed by atoms with Crippen LogP contribution in [-0.4, -0.2) is 60.9 Å². The Morgan fingerprint density at radius 2 is 2.00 bits per heavy atom. The highest BCUT2D eigenvalue weighted by Gasteiger charge is 2.19. The highest BCUT2D eigenvalue weighted by atomic mass is 32.2. The van der Waals surface area contributed by atoms with E-state index < -0.39 is 0 Å². The number of ether oxygens (including phenoxy) is 2. The van der Waals surface area contributed by atoms with Crippen LogP contribution in [0, 0.1) is 0 Å². The van der Waals surface area contributed by atoms with Gasteiger partial charge in [0.25, 0.3) is 5.91 Å². The van der Waals surface area contributed by atoms with E-state index >= 15 is 0 Å². The molecule has 2 aromatic carbocycles. The van der Waals surface area contributed by atoms with Gasteiger partial charge in [0.2, 0.25) is 0 Å². The van der Waals surface area contributed by atoms with Crippen molar-refractivity contribution in [2.24, 2.45) is 5.10 Å². The Morgan fingerprint density at radius 3 is 2.72 bits per heavy atom. The van der Waals surface area contributed by atoms with Crippen molar-refractivity contribution in [3.05, 3.63) is 65.2 Å². The van der Waals surface area contributed by atoms with Crippen LogP contribution in [0.2, 0.25) is 0 Å². The summed E-state index contributed by atoms with van der Waals surface area (Å²) in [5.41, 5.74) is 5.25. The molecule has 2 aromatic rings. The SMILES string of the molecule is O=C(N/N=C/c1cccc(OC2CSC2)c1)c1ccc(CN2CCOCC2)cc1. The molecule has 2 aliphatic heterocycles. The van der Waals surface area contributed by atoms with Crippen LogP contribution < -0.4 is 10.2 Å². The monoisotopic (exact) mass is 411 g/mol. The fraction of sp³-hybridized carbons (Fsp3) is 0.364. The normalized spacial score (nSPS) is 17.8. The van der Waals surface area contributed by atoms with Gasteiger partial charge in [0.1, 0.15) is 11.9 Å². The number of hydrogen-bond donors (Lipinski definition) is 1. The topological polar surface area (TPSA) is 63.2 Å². The van der Waals surface area contributed by atoms with Crippen LogP contribution in [-0.2, 0) is 11.3 Å². The van der Waals surface area contributed by atoms with E-state index in [4.69, 9.17) is 9.47 Å². The van der Waals surface area contributed by atoms with Crippen molar-refractivity contribution in [1.82, 2.24) is 10.3 Å². The predicted octanol–water partition coefficient (Wildman–Crippen LogP) is 2.78. The van der Waals surface area contributed by atoms with Gasteiger partial charge < -0.3 is 9.47 Å². The summed E-state index contributed by atoms with van der Waals surface area (Å²) in [6, 6.07) is 15.4. The van der Waals surface area contributed by atoms with Crippen LogP contribution in [0.3, 0.4) is 0 Å². The van der Waals surface area contributed by atoms with Crippen LogP contribution in [0.5, 0.6) is 5.75 Å². The molecular weight excluding hydrogens is 386 g/mol. The van der Waals surface area contributed by atoms with Gasteiger partial charge in [-0.3, -0.25) is 9.69 Å². The van der Waals surface area contributed by atoms with Crippen molar-refractivity contribution < 1.29 is 14.3 Å². The predicted molar refractivity (Wildman–Crippen MR) is 116 cm³/mol. The smallest absolute Gasteiger partial charge is 0.271 e. The number of benzene rings is 2. The highest BCUT2D eigenvalue weighted by Crippen LogP contribution is 2.24. The molecule has 0 aromatic heterocycles. The number of rotatable bonds is 7. The Hall–Kier alpha value is -2.35. The van der Waals surface area contributed by atoms with Gasteiger partial charge in [-0.25, -0.2) is 5.43 Å². The van der Waals surface area contributed by atoms with Crippen LogP contribution in [0.15, 0.2) is 53.6 Å². The summed E-state index contributed by atoms with van der Waals surface area (Å²) in [6.07, 6.45) is 1.94. The maximum Gasteiger partial charge on any atom is 0.271 e. The van der Waals surface area contributed by atoms with Gasteiger partial charge >= 0.3 is 0 Å². The molecule has 0 spiro atoms. The van der Waals surface area contributed by atoms with Gasteiger partial charge in [-0.1, -0.05) is 24.3 Å². The summed E-state index contributed by atoms with van der Waals surface area (Å²) in [5.74, 6) is 2.69. The molecule has 0 bridgehead atoms. The zero-order chi connectivity index (χ0) is 19.9. The first-order chi connectivity index (χ1) is 14.3. The molecule has 2 fully saturated rings. The minimum absolute atomic E-state index is 0.224. The standard InChI is InChI=1S/C22H25N3O3S/c26-22(19-6-4-17(5-7-19)14-25-8-10-27-11-9-25)24-23-13-18-2-1-3-20(12-18)28-21-15-29-16-21/h1-7,12-13,21H,8-11,14-16H2,(H,24,26)/b23-13+. The summed E-state index contributed by atoms with van der Waals surface area (Å²) < 4.78 is 11.2. The molecule has 152 valence electrons. The first kappa shape index (κ1) is 19.9. The first-order valence-electron chi connectivity index (χ1n) is 9.83. The van der Waals surface area contributed by atoms with E-state index in [-0.39, 0.29) is 5.91 Å². The quantitative estimate of drug-likeness (QED) is 0.561. The number of hydrogen-bond acceptors (Lipinski definition) is 6. The maximum atomic E-state index is 12.3. The molecule has 2 heterocycles. The van der Waals surface area contributed by atoms with E-state index in [2.05, 4.69) is 15.4 Å². The van der Waals surface area contributed by atoms with E-state index in [1.165, 1.54) is 5.56 Å². The number of carbonyl (C=O) groups is 1. The van der Waals surface area contributed by atoms with E-state index in [1.807, 2.05) is 60.3 Å².